The Morgan fingerprint density at radius 3 is 2.75 bits per heavy atom. The molecule has 1 saturated heterocycles. The molecule has 1 N–H and O–H groups in total. The van der Waals surface area contributed by atoms with Crippen LogP contribution in [0.5, 0.6) is 5.75 Å². The summed E-state index contributed by atoms with van der Waals surface area (Å²) in [5.74, 6) is 0.913. The third kappa shape index (κ3) is 3.51. The molecular weight excluding hydrogens is 252 g/mol. The van der Waals surface area contributed by atoms with Crippen molar-refractivity contribution in [3.05, 3.63) is 29.3 Å². The Morgan fingerprint density at radius 1 is 1.40 bits per heavy atom. The zero-order valence-corrected chi connectivity index (χ0v) is 12.6. The fourth-order valence-corrected chi connectivity index (χ4v) is 2.69. The number of piperidine rings is 1. The Balaban J connectivity index is 1.92. The van der Waals surface area contributed by atoms with E-state index in [0.29, 0.717) is 6.04 Å². The van der Waals surface area contributed by atoms with E-state index in [-0.39, 0.29) is 12.5 Å². The van der Waals surface area contributed by atoms with E-state index in [4.69, 9.17) is 4.74 Å². The molecule has 4 heteroatoms. The molecular formula is C16H24N2O2. The minimum absolute atomic E-state index is 0.0765. The number of benzene rings is 1. The zero-order chi connectivity index (χ0) is 14.5. The van der Waals surface area contributed by atoms with Gasteiger partial charge in [0.2, 0.25) is 0 Å². The maximum atomic E-state index is 12.2. The van der Waals surface area contributed by atoms with Crippen molar-refractivity contribution in [2.45, 2.75) is 32.7 Å². The van der Waals surface area contributed by atoms with Gasteiger partial charge in [0.1, 0.15) is 5.75 Å². The first-order valence-corrected chi connectivity index (χ1v) is 7.26. The van der Waals surface area contributed by atoms with E-state index in [1.165, 1.54) is 0 Å². The summed E-state index contributed by atoms with van der Waals surface area (Å²) in [5.41, 5.74) is 2.15. The highest BCUT2D eigenvalue weighted by molar-refractivity contribution is 5.78. The number of nitrogens with zero attached hydrogens (tertiary/aromatic N) is 1. The van der Waals surface area contributed by atoms with Gasteiger partial charge in [0.25, 0.3) is 5.91 Å². The number of ether oxygens (including phenoxy) is 1. The smallest absolute Gasteiger partial charge is 0.260 e. The van der Waals surface area contributed by atoms with Gasteiger partial charge in [-0.3, -0.25) is 4.79 Å². The number of nitrogens with one attached hydrogen (secondary N) is 1. The zero-order valence-electron chi connectivity index (χ0n) is 12.6. The SMILES string of the molecule is CN[C@@H]1CCCN(C(=O)COc2c(C)cccc2C)C1. The number of hydrogen-bond acceptors (Lipinski definition) is 3. The molecule has 110 valence electrons. The fraction of sp³-hybridized carbons (Fsp3) is 0.562. The number of hydrogen-bond donors (Lipinski definition) is 1. The van der Waals surface area contributed by atoms with Crippen molar-refractivity contribution in [2.24, 2.45) is 0 Å². The molecule has 1 aromatic rings. The number of aryl methyl sites for hydroxylation is 2. The maximum absolute atomic E-state index is 12.2. The molecule has 0 unspecified atom stereocenters. The second-order valence-corrected chi connectivity index (χ2v) is 5.48. The van der Waals surface area contributed by atoms with Crippen molar-refractivity contribution in [3.8, 4) is 5.75 Å². The number of rotatable bonds is 4. The summed E-state index contributed by atoms with van der Waals surface area (Å²) < 4.78 is 5.74. The molecule has 0 bridgehead atoms. The van der Waals surface area contributed by atoms with Crippen molar-refractivity contribution >= 4 is 5.91 Å². The first-order chi connectivity index (χ1) is 9.61. The lowest BCUT2D eigenvalue weighted by Crippen LogP contribution is -2.48. The minimum Gasteiger partial charge on any atom is -0.483 e. The van der Waals surface area contributed by atoms with E-state index in [9.17, 15) is 4.79 Å². The van der Waals surface area contributed by atoms with Gasteiger partial charge < -0.3 is 15.0 Å². The summed E-state index contributed by atoms with van der Waals surface area (Å²) >= 11 is 0. The number of likely N-dealkylation sites (N-methyl/N-ethyl adjacent to an activating group) is 1. The predicted octanol–water partition coefficient (Wildman–Crippen LogP) is 1.89. The average molecular weight is 276 g/mol. The Labute approximate surface area is 121 Å². The Hall–Kier alpha value is -1.55. The van der Waals surface area contributed by atoms with Gasteiger partial charge in [0.15, 0.2) is 6.61 Å². The van der Waals surface area contributed by atoms with Gasteiger partial charge in [-0.15, -0.1) is 0 Å². The van der Waals surface area contributed by atoms with Gasteiger partial charge in [-0.2, -0.15) is 0 Å². The Kier molecular flexibility index (Phi) is 5.01. The van der Waals surface area contributed by atoms with Crippen LogP contribution in [0.1, 0.15) is 24.0 Å². The average Bonchev–Trinajstić information content (AvgIpc) is 2.46. The topological polar surface area (TPSA) is 41.6 Å². The standard InChI is InChI=1S/C16H24N2O2/c1-12-6-4-7-13(2)16(12)20-11-15(19)18-9-5-8-14(10-18)17-3/h4,6-7,14,17H,5,8-11H2,1-3H3/t14-/m1/s1. The van der Waals surface area contributed by atoms with Crippen molar-refractivity contribution < 1.29 is 9.53 Å². The number of carbonyl (C=O) groups excluding carboxylic acids is 1. The molecule has 0 aromatic heterocycles. The summed E-state index contributed by atoms with van der Waals surface area (Å²) in [6.07, 6.45) is 2.19. The van der Waals surface area contributed by atoms with Gasteiger partial charge >= 0.3 is 0 Å². The van der Waals surface area contributed by atoms with Gasteiger partial charge in [0.05, 0.1) is 0 Å². The number of amides is 1. The predicted molar refractivity (Wildman–Crippen MR) is 80.1 cm³/mol. The lowest BCUT2D eigenvalue weighted by molar-refractivity contribution is -0.134. The van der Waals surface area contributed by atoms with Gasteiger partial charge in [-0.1, -0.05) is 18.2 Å². The molecule has 1 heterocycles. The molecule has 0 saturated carbocycles. The van der Waals surface area contributed by atoms with E-state index in [1.54, 1.807) is 0 Å². The molecule has 0 spiro atoms. The minimum atomic E-state index is 0.0765. The molecule has 1 amide bonds. The number of carbonyl (C=O) groups is 1. The third-order valence-corrected chi connectivity index (χ3v) is 3.93. The molecule has 20 heavy (non-hydrogen) atoms. The van der Waals surface area contributed by atoms with Crippen LogP contribution in [-0.2, 0) is 4.79 Å². The summed E-state index contributed by atoms with van der Waals surface area (Å²) in [6, 6.07) is 6.42. The van der Waals surface area contributed by atoms with Crippen LogP contribution in [0.2, 0.25) is 0 Å². The van der Waals surface area contributed by atoms with Crippen LogP contribution in [-0.4, -0.2) is 43.6 Å². The first kappa shape index (κ1) is 14.9. The second-order valence-electron chi connectivity index (χ2n) is 5.48. The highest BCUT2D eigenvalue weighted by Gasteiger charge is 2.22. The molecule has 1 aromatic carbocycles. The number of para-hydroxylation sites is 1. The molecule has 0 radical (unpaired) electrons. The van der Waals surface area contributed by atoms with Crippen LogP contribution in [0, 0.1) is 13.8 Å². The van der Waals surface area contributed by atoms with Crippen molar-refractivity contribution in [2.75, 3.05) is 26.7 Å². The molecule has 4 nitrogen and oxygen atoms in total. The molecule has 1 atom stereocenters. The van der Waals surface area contributed by atoms with Gasteiger partial charge in [0, 0.05) is 19.1 Å². The largest absolute Gasteiger partial charge is 0.483 e. The maximum Gasteiger partial charge on any atom is 0.260 e. The van der Waals surface area contributed by atoms with Crippen LogP contribution in [0.3, 0.4) is 0 Å². The Morgan fingerprint density at radius 2 is 2.10 bits per heavy atom. The van der Waals surface area contributed by atoms with E-state index >= 15 is 0 Å². The van der Waals surface area contributed by atoms with Crippen LogP contribution in [0.4, 0.5) is 0 Å². The quantitative estimate of drug-likeness (QED) is 0.913. The highest BCUT2D eigenvalue weighted by atomic mass is 16.5. The van der Waals surface area contributed by atoms with E-state index in [2.05, 4.69) is 5.32 Å². The van der Waals surface area contributed by atoms with E-state index in [0.717, 1.165) is 42.8 Å². The van der Waals surface area contributed by atoms with E-state index in [1.807, 2.05) is 44.0 Å². The summed E-state index contributed by atoms with van der Waals surface area (Å²) in [6.45, 7) is 5.76. The van der Waals surface area contributed by atoms with Crippen LogP contribution in [0.15, 0.2) is 18.2 Å². The summed E-state index contributed by atoms with van der Waals surface area (Å²) in [7, 11) is 1.95. The lowest BCUT2D eigenvalue weighted by Gasteiger charge is -2.32. The lowest BCUT2D eigenvalue weighted by atomic mass is 10.1. The van der Waals surface area contributed by atoms with Crippen LogP contribution < -0.4 is 10.1 Å². The normalized spacial score (nSPS) is 18.9. The van der Waals surface area contributed by atoms with Crippen molar-refractivity contribution in [3.63, 3.8) is 0 Å². The highest BCUT2D eigenvalue weighted by Crippen LogP contribution is 2.22. The summed E-state index contributed by atoms with van der Waals surface area (Å²) in [5, 5.41) is 3.25. The van der Waals surface area contributed by atoms with Crippen LogP contribution >= 0.6 is 0 Å². The summed E-state index contributed by atoms with van der Waals surface area (Å²) in [4.78, 5) is 14.1. The molecule has 1 aliphatic rings. The second kappa shape index (κ2) is 6.75. The molecule has 2 rings (SSSR count). The third-order valence-electron chi connectivity index (χ3n) is 3.93. The Bertz CT molecular complexity index is 453. The van der Waals surface area contributed by atoms with Crippen molar-refractivity contribution in [1.82, 2.24) is 10.2 Å². The first-order valence-electron chi connectivity index (χ1n) is 7.26. The van der Waals surface area contributed by atoms with Crippen LogP contribution in [0.25, 0.3) is 0 Å². The van der Waals surface area contributed by atoms with Gasteiger partial charge in [-0.25, -0.2) is 0 Å². The molecule has 0 aliphatic carbocycles. The fourth-order valence-electron chi connectivity index (χ4n) is 2.69. The van der Waals surface area contributed by atoms with Gasteiger partial charge in [-0.05, 0) is 44.9 Å². The molecule has 1 fully saturated rings. The number of likely N-dealkylation sites (tertiary alicyclic amines) is 1. The van der Waals surface area contributed by atoms with Crippen molar-refractivity contribution in [1.29, 1.82) is 0 Å². The molecule has 1 aliphatic heterocycles. The van der Waals surface area contributed by atoms with E-state index < -0.39 is 0 Å². The monoisotopic (exact) mass is 276 g/mol.